The van der Waals surface area contributed by atoms with E-state index in [0.717, 1.165) is 38.4 Å². The van der Waals surface area contributed by atoms with Gasteiger partial charge in [-0.25, -0.2) is 0 Å². The Labute approximate surface area is 175 Å². The van der Waals surface area contributed by atoms with Crippen LogP contribution in [0, 0.1) is 0 Å². The van der Waals surface area contributed by atoms with Gasteiger partial charge in [-0.05, 0) is 29.3 Å². The number of amides is 2. The van der Waals surface area contributed by atoms with Gasteiger partial charge in [0.15, 0.2) is 6.10 Å². The summed E-state index contributed by atoms with van der Waals surface area (Å²) in [5.41, 5.74) is 3.22. The van der Waals surface area contributed by atoms with Gasteiger partial charge in [-0.3, -0.25) is 14.5 Å². The first kappa shape index (κ1) is 18.9. The van der Waals surface area contributed by atoms with Gasteiger partial charge < -0.3 is 19.7 Å². The van der Waals surface area contributed by atoms with Crippen LogP contribution < -0.4 is 14.8 Å². The summed E-state index contributed by atoms with van der Waals surface area (Å²) in [6, 6.07) is 13.7. The molecule has 0 unspecified atom stereocenters. The Kier molecular flexibility index (Phi) is 5.04. The molecule has 156 valence electrons. The van der Waals surface area contributed by atoms with Crippen LogP contribution in [0.4, 0.5) is 5.69 Å². The second-order valence-corrected chi connectivity index (χ2v) is 7.99. The van der Waals surface area contributed by atoms with E-state index in [-0.39, 0.29) is 18.2 Å². The lowest BCUT2D eigenvalue weighted by Crippen LogP contribution is -2.50. The minimum atomic E-state index is -0.779. The van der Waals surface area contributed by atoms with E-state index in [1.165, 1.54) is 11.1 Å². The van der Waals surface area contributed by atoms with Crippen LogP contribution in [-0.4, -0.2) is 60.5 Å². The summed E-state index contributed by atoms with van der Waals surface area (Å²) in [6.07, 6.45) is 0.261. The smallest absolute Gasteiger partial charge is 0.266 e. The van der Waals surface area contributed by atoms with Crippen molar-refractivity contribution in [3.05, 3.63) is 53.6 Å². The zero-order valence-electron chi connectivity index (χ0n) is 16.8. The number of piperazine rings is 1. The van der Waals surface area contributed by atoms with Crippen LogP contribution in [0.1, 0.15) is 17.5 Å². The Morgan fingerprint density at radius 1 is 1.07 bits per heavy atom. The average molecular weight is 407 g/mol. The molecule has 0 saturated carbocycles. The van der Waals surface area contributed by atoms with Crippen molar-refractivity contribution in [3.8, 4) is 11.5 Å². The predicted molar refractivity (Wildman–Crippen MR) is 112 cm³/mol. The molecule has 0 aliphatic carbocycles. The van der Waals surface area contributed by atoms with Gasteiger partial charge in [0.1, 0.15) is 11.5 Å². The molecular weight excluding hydrogens is 382 g/mol. The van der Waals surface area contributed by atoms with Crippen LogP contribution in [-0.2, 0) is 22.6 Å². The normalized spacial score (nSPS) is 20.6. The fraction of sp³-hybridized carbons (Fsp3) is 0.391. The molecular formula is C23H25N3O4. The molecule has 0 aromatic heterocycles. The number of benzene rings is 2. The van der Waals surface area contributed by atoms with Crippen LogP contribution in [0.15, 0.2) is 42.5 Å². The maximum atomic E-state index is 12.8. The van der Waals surface area contributed by atoms with Crippen LogP contribution in [0.3, 0.4) is 0 Å². The van der Waals surface area contributed by atoms with Crippen molar-refractivity contribution in [2.75, 3.05) is 38.1 Å². The molecule has 0 bridgehead atoms. The van der Waals surface area contributed by atoms with E-state index in [2.05, 4.69) is 28.4 Å². The highest BCUT2D eigenvalue weighted by Gasteiger charge is 2.32. The molecule has 2 amide bonds. The third kappa shape index (κ3) is 3.85. The van der Waals surface area contributed by atoms with Crippen LogP contribution in [0.25, 0.3) is 0 Å². The van der Waals surface area contributed by atoms with Gasteiger partial charge in [-0.2, -0.15) is 0 Å². The molecule has 2 aromatic rings. The first-order valence-corrected chi connectivity index (χ1v) is 10.5. The summed E-state index contributed by atoms with van der Waals surface area (Å²) in [4.78, 5) is 29.2. The summed E-state index contributed by atoms with van der Waals surface area (Å²) in [7, 11) is 0. The van der Waals surface area contributed by atoms with Crippen molar-refractivity contribution < 1.29 is 19.1 Å². The van der Waals surface area contributed by atoms with Crippen LogP contribution in [0.2, 0.25) is 0 Å². The van der Waals surface area contributed by atoms with Crippen molar-refractivity contribution in [2.45, 2.75) is 25.5 Å². The fourth-order valence-corrected chi connectivity index (χ4v) is 4.27. The molecule has 2 aromatic carbocycles. The van der Waals surface area contributed by atoms with Gasteiger partial charge in [0.05, 0.1) is 18.7 Å². The van der Waals surface area contributed by atoms with Gasteiger partial charge in [0.2, 0.25) is 5.91 Å². The topological polar surface area (TPSA) is 71.1 Å². The molecule has 1 saturated heterocycles. The third-order valence-corrected chi connectivity index (χ3v) is 5.95. The zero-order chi connectivity index (χ0) is 20.5. The Morgan fingerprint density at radius 2 is 1.90 bits per heavy atom. The average Bonchev–Trinajstić information content (AvgIpc) is 3.23. The molecule has 0 radical (unpaired) electrons. The highest BCUT2D eigenvalue weighted by Crippen LogP contribution is 2.30. The lowest BCUT2D eigenvalue weighted by atomic mass is 10.1. The lowest BCUT2D eigenvalue weighted by Gasteiger charge is -2.35. The second kappa shape index (κ2) is 7.99. The number of ether oxygens (including phenoxy) is 2. The summed E-state index contributed by atoms with van der Waals surface area (Å²) in [6.45, 7) is 4.61. The zero-order valence-corrected chi connectivity index (χ0v) is 16.8. The van der Waals surface area contributed by atoms with E-state index >= 15 is 0 Å². The standard InChI is InChI=1S/C23H25N3O4/c27-22(14-21-23(28)24-18-3-1-2-4-20(18)30-21)26-10-8-25(9-11-26)15-16-5-6-19-17(13-16)7-12-29-19/h1-6,13,21H,7-12,14-15H2,(H,24,28)/t21-/m0/s1. The summed E-state index contributed by atoms with van der Waals surface area (Å²) in [5, 5.41) is 2.82. The predicted octanol–water partition coefficient (Wildman–Crippen LogP) is 2.06. The minimum Gasteiger partial charge on any atom is -0.493 e. The van der Waals surface area contributed by atoms with Gasteiger partial charge in [-0.1, -0.05) is 24.3 Å². The number of hydrogen-bond donors (Lipinski definition) is 1. The summed E-state index contributed by atoms with van der Waals surface area (Å²) >= 11 is 0. The van der Waals surface area contributed by atoms with E-state index in [0.29, 0.717) is 24.5 Å². The molecule has 5 rings (SSSR count). The van der Waals surface area contributed by atoms with E-state index in [9.17, 15) is 9.59 Å². The molecule has 1 N–H and O–H groups in total. The van der Waals surface area contributed by atoms with Gasteiger partial charge in [0.25, 0.3) is 5.91 Å². The Bertz CT molecular complexity index is 969. The molecule has 3 aliphatic rings. The lowest BCUT2D eigenvalue weighted by molar-refractivity contribution is -0.138. The monoisotopic (exact) mass is 407 g/mol. The Morgan fingerprint density at radius 3 is 2.77 bits per heavy atom. The molecule has 30 heavy (non-hydrogen) atoms. The highest BCUT2D eigenvalue weighted by atomic mass is 16.5. The number of carbonyl (C=O) groups excluding carboxylic acids is 2. The van der Waals surface area contributed by atoms with Gasteiger partial charge >= 0.3 is 0 Å². The van der Waals surface area contributed by atoms with Crippen molar-refractivity contribution in [2.24, 2.45) is 0 Å². The quantitative estimate of drug-likeness (QED) is 0.840. The molecule has 7 nitrogen and oxygen atoms in total. The van der Waals surface area contributed by atoms with Crippen LogP contribution >= 0.6 is 0 Å². The SMILES string of the molecule is O=C1Nc2ccccc2O[C@H]1CC(=O)N1CCN(Cc2ccc3c(c2)CCO3)CC1. The third-order valence-electron chi connectivity index (χ3n) is 5.95. The van der Waals surface area contributed by atoms with Crippen molar-refractivity contribution >= 4 is 17.5 Å². The summed E-state index contributed by atoms with van der Waals surface area (Å²) < 4.78 is 11.3. The number of nitrogens with one attached hydrogen (secondary N) is 1. The molecule has 7 heteroatoms. The van der Waals surface area contributed by atoms with Crippen LogP contribution in [0.5, 0.6) is 11.5 Å². The number of anilines is 1. The fourth-order valence-electron chi connectivity index (χ4n) is 4.27. The molecule has 0 spiro atoms. The van der Waals surface area contributed by atoms with Crippen molar-refractivity contribution in [1.82, 2.24) is 9.80 Å². The summed E-state index contributed by atoms with van der Waals surface area (Å²) in [5.74, 6) is 1.32. The second-order valence-electron chi connectivity index (χ2n) is 7.99. The minimum absolute atomic E-state index is 0.0381. The van der Waals surface area contributed by atoms with Gasteiger partial charge in [0, 0.05) is 39.1 Å². The van der Waals surface area contributed by atoms with Crippen molar-refractivity contribution in [3.63, 3.8) is 0 Å². The number of para-hydroxylation sites is 2. The molecule has 3 heterocycles. The molecule has 1 fully saturated rings. The number of nitrogens with zero attached hydrogens (tertiary/aromatic N) is 2. The molecule has 1 atom stereocenters. The first-order valence-electron chi connectivity index (χ1n) is 10.5. The Hall–Kier alpha value is -3.06. The highest BCUT2D eigenvalue weighted by molar-refractivity contribution is 5.99. The maximum absolute atomic E-state index is 12.8. The maximum Gasteiger partial charge on any atom is 0.266 e. The number of carbonyl (C=O) groups is 2. The van der Waals surface area contributed by atoms with E-state index < -0.39 is 6.10 Å². The molecule has 3 aliphatic heterocycles. The largest absolute Gasteiger partial charge is 0.493 e. The van der Waals surface area contributed by atoms with Gasteiger partial charge in [-0.15, -0.1) is 0 Å². The first-order chi connectivity index (χ1) is 14.7. The Balaban J connectivity index is 1.13. The van der Waals surface area contributed by atoms with E-state index in [1.807, 2.05) is 17.0 Å². The number of rotatable bonds is 4. The van der Waals surface area contributed by atoms with E-state index in [1.54, 1.807) is 12.1 Å². The number of hydrogen-bond acceptors (Lipinski definition) is 5. The van der Waals surface area contributed by atoms with Crippen molar-refractivity contribution in [1.29, 1.82) is 0 Å². The van der Waals surface area contributed by atoms with E-state index in [4.69, 9.17) is 9.47 Å². The number of fused-ring (bicyclic) bond motifs is 2.